The fourth-order valence-electron chi connectivity index (χ4n) is 3.04. The van der Waals surface area contributed by atoms with Crippen LogP contribution in [0.2, 0.25) is 0 Å². The molecule has 4 rings (SSSR count). The molecule has 0 aliphatic rings. The Labute approximate surface area is 141 Å². The molecule has 0 aliphatic carbocycles. The molecule has 0 fully saturated rings. The number of hydrogen-bond acceptors (Lipinski definition) is 1. The molecule has 25 heavy (non-hydrogen) atoms. The van der Waals surface area contributed by atoms with Crippen molar-refractivity contribution >= 4 is 34.7 Å². The Morgan fingerprint density at radius 3 is 1.68 bits per heavy atom. The molecular formula is C18H12F2NO3P. The van der Waals surface area contributed by atoms with E-state index in [-0.39, 0.29) is 5.30 Å². The van der Waals surface area contributed by atoms with Crippen molar-refractivity contribution in [1.29, 1.82) is 0 Å². The molecule has 3 aromatic carbocycles. The van der Waals surface area contributed by atoms with Crippen LogP contribution in [0.3, 0.4) is 0 Å². The van der Waals surface area contributed by atoms with Crippen molar-refractivity contribution < 1.29 is 23.1 Å². The minimum Gasteiger partial charge on any atom is -0.321 e. The first-order chi connectivity index (χ1) is 11.8. The fourth-order valence-corrected chi connectivity index (χ4v) is 3.58. The molecule has 0 radical (unpaired) electrons. The highest BCUT2D eigenvalue weighted by atomic mass is 31.2. The van der Waals surface area contributed by atoms with Gasteiger partial charge in [-0.3, -0.25) is 4.57 Å². The van der Waals surface area contributed by atoms with Crippen molar-refractivity contribution in [3.05, 3.63) is 72.3 Å². The summed E-state index contributed by atoms with van der Waals surface area (Å²) in [6.07, 6.45) is 0. The van der Waals surface area contributed by atoms with E-state index in [2.05, 4.69) is 0 Å². The van der Waals surface area contributed by atoms with E-state index in [0.717, 1.165) is 0 Å². The quantitative estimate of drug-likeness (QED) is 0.534. The van der Waals surface area contributed by atoms with Crippen molar-refractivity contribution in [3.63, 3.8) is 0 Å². The minimum atomic E-state index is -4.33. The third-order valence-corrected chi connectivity index (χ3v) is 5.10. The van der Waals surface area contributed by atoms with Crippen LogP contribution in [0.5, 0.6) is 0 Å². The van der Waals surface area contributed by atoms with Gasteiger partial charge in [-0.2, -0.15) is 0 Å². The molecule has 0 bridgehead atoms. The fraction of sp³-hybridized carbons (Fsp3) is 0. The molecule has 0 spiro atoms. The summed E-state index contributed by atoms with van der Waals surface area (Å²) in [5.41, 5.74) is 1.98. The second-order valence-electron chi connectivity index (χ2n) is 5.72. The van der Waals surface area contributed by atoms with Crippen molar-refractivity contribution in [2.75, 3.05) is 0 Å². The maximum absolute atomic E-state index is 13.7. The number of fused-ring (bicyclic) bond motifs is 3. The van der Waals surface area contributed by atoms with Crippen molar-refractivity contribution in [2.24, 2.45) is 0 Å². The van der Waals surface area contributed by atoms with Gasteiger partial charge in [0.2, 0.25) is 0 Å². The summed E-state index contributed by atoms with van der Waals surface area (Å²) in [5.74, 6) is -0.847. The van der Waals surface area contributed by atoms with E-state index in [1.807, 2.05) is 0 Å². The SMILES string of the molecule is O=P(O)(O)c1ccc(-n2c3ccc(F)cc3c3cc(F)ccc32)cc1. The predicted molar refractivity (Wildman–Crippen MR) is 92.4 cm³/mol. The summed E-state index contributed by atoms with van der Waals surface area (Å²) in [7, 11) is -4.33. The highest BCUT2D eigenvalue weighted by molar-refractivity contribution is 7.60. The van der Waals surface area contributed by atoms with Gasteiger partial charge in [0.25, 0.3) is 0 Å². The number of hydrogen-bond donors (Lipinski definition) is 2. The summed E-state index contributed by atoms with van der Waals surface area (Å²) in [6, 6.07) is 14.4. The standard InChI is InChI=1S/C18H12F2NO3P/c19-11-1-7-17-15(9-11)16-10-12(20)2-8-18(16)21(17)13-3-5-14(6-4-13)25(22,23)24/h1-10H,(H2,22,23,24). The molecule has 0 saturated carbocycles. The molecule has 4 aromatic rings. The molecular weight excluding hydrogens is 347 g/mol. The van der Waals surface area contributed by atoms with E-state index in [1.165, 1.54) is 36.4 Å². The van der Waals surface area contributed by atoms with Crippen LogP contribution in [0.1, 0.15) is 0 Å². The topological polar surface area (TPSA) is 62.5 Å². The van der Waals surface area contributed by atoms with Crippen LogP contribution in [0.4, 0.5) is 8.78 Å². The highest BCUT2D eigenvalue weighted by Gasteiger charge is 2.18. The molecule has 0 aliphatic heterocycles. The zero-order valence-corrected chi connectivity index (χ0v) is 13.6. The lowest BCUT2D eigenvalue weighted by atomic mass is 10.1. The van der Waals surface area contributed by atoms with Gasteiger partial charge in [0.1, 0.15) is 11.6 Å². The maximum Gasteiger partial charge on any atom is 0.356 e. The molecule has 0 atom stereocenters. The highest BCUT2D eigenvalue weighted by Crippen LogP contribution is 2.35. The zero-order chi connectivity index (χ0) is 17.8. The van der Waals surface area contributed by atoms with Gasteiger partial charge in [0.15, 0.2) is 0 Å². The van der Waals surface area contributed by atoms with E-state index in [4.69, 9.17) is 0 Å². The third kappa shape index (κ3) is 2.65. The molecule has 0 saturated heterocycles. The normalized spacial score (nSPS) is 12.2. The second kappa shape index (κ2) is 5.49. The van der Waals surface area contributed by atoms with Crippen molar-refractivity contribution in [1.82, 2.24) is 4.57 Å². The van der Waals surface area contributed by atoms with Gasteiger partial charge in [-0.05, 0) is 60.7 Å². The Morgan fingerprint density at radius 2 is 1.24 bits per heavy atom. The van der Waals surface area contributed by atoms with Crippen LogP contribution in [0.25, 0.3) is 27.5 Å². The van der Waals surface area contributed by atoms with Gasteiger partial charge in [-0.25, -0.2) is 8.78 Å². The number of benzene rings is 3. The lowest BCUT2D eigenvalue weighted by Gasteiger charge is -2.09. The average Bonchev–Trinajstić information content (AvgIpc) is 2.87. The summed E-state index contributed by atoms with van der Waals surface area (Å²) in [6.45, 7) is 0. The van der Waals surface area contributed by atoms with Gasteiger partial charge in [0, 0.05) is 16.5 Å². The van der Waals surface area contributed by atoms with Crippen LogP contribution < -0.4 is 5.30 Å². The Kier molecular flexibility index (Phi) is 3.51. The number of rotatable bonds is 2. The van der Waals surface area contributed by atoms with E-state index in [9.17, 15) is 23.1 Å². The van der Waals surface area contributed by atoms with Crippen LogP contribution in [0, 0.1) is 11.6 Å². The Morgan fingerprint density at radius 1 is 0.760 bits per heavy atom. The minimum absolute atomic E-state index is 0.0888. The number of halogens is 2. The Hall–Kier alpha value is -2.53. The summed E-state index contributed by atoms with van der Waals surface area (Å²) < 4.78 is 40.5. The van der Waals surface area contributed by atoms with Gasteiger partial charge in [0.05, 0.1) is 16.3 Å². The zero-order valence-electron chi connectivity index (χ0n) is 12.7. The monoisotopic (exact) mass is 359 g/mol. The predicted octanol–water partition coefficient (Wildman–Crippen LogP) is 3.86. The van der Waals surface area contributed by atoms with Crippen molar-refractivity contribution in [2.45, 2.75) is 0 Å². The molecule has 1 heterocycles. The van der Waals surface area contributed by atoms with Crippen LogP contribution >= 0.6 is 7.60 Å². The summed E-state index contributed by atoms with van der Waals surface area (Å²) in [5, 5.41) is 1.04. The van der Waals surface area contributed by atoms with E-state index in [1.54, 1.807) is 28.8 Å². The van der Waals surface area contributed by atoms with E-state index in [0.29, 0.717) is 27.5 Å². The Balaban J connectivity index is 2.04. The van der Waals surface area contributed by atoms with Gasteiger partial charge >= 0.3 is 7.60 Å². The average molecular weight is 359 g/mol. The molecule has 2 N–H and O–H groups in total. The molecule has 0 amide bonds. The van der Waals surface area contributed by atoms with Gasteiger partial charge < -0.3 is 14.4 Å². The van der Waals surface area contributed by atoms with E-state index < -0.39 is 19.2 Å². The van der Waals surface area contributed by atoms with Gasteiger partial charge in [-0.1, -0.05) is 0 Å². The lowest BCUT2D eigenvalue weighted by Crippen LogP contribution is -2.04. The molecule has 0 unspecified atom stereocenters. The maximum atomic E-state index is 13.7. The van der Waals surface area contributed by atoms with E-state index >= 15 is 0 Å². The largest absolute Gasteiger partial charge is 0.356 e. The van der Waals surface area contributed by atoms with Gasteiger partial charge in [-0.15, -0.1) is 0 Å². The Bertz CT molecular complexity index is 1100. The molecule has 126 valence electrons. The molecule has 1 aromatic heterocycles. The molecule has 4 nitrogen and oxygen atoms in total. The summed E-state index contributed by atoms with van der Waals surface area (Å²) >= 11 is 0. The van der Waals surface area contributed by atoms with Crippen LogP contribution in [-0.4, -0.2) is 14.4 Å². The summed E-state index contributed by atoms with van der Waals surface area (Å²) in [4.78, 5) is 18.5. The second-order valence-corrected chi connectivity index (χ2v) is 7.32. The van der Waals surface area contributed by atoms with Crippen LogP contribution in [0.15, 0.2) is 60.7 Å². The molecule has 7 heteroatoms. The first kappa shape index (κ1) is 16.0. The number of aromatic nitrogens is 1. The van der Waals surface area contributed by atoms with Crippen molar-refractivity contribution in [3.8, 4) is 5.69 Å². The number of nitrogens with zero attached hydrogens (tertiary/aromatic N) is 1. The first-order valence-electron chi connectivity index (χ1n) is 7.40. The smallest absolute Gasteiger partial charge is 0.321 e. The van der Waals surface area contributed by atoms with Crippen LogP contribution in [-0.2, 0) is 4.57 Å². The first-order valence-corrected chi connectivity index (χ1v) is 9.01. The third-order valence-electron chi connectivity index (χ3n) is 4.13. The lowest BCUT2D eigenvalue weighted by molar-refractivity contribution is 0.387.